The molecule has 0 bridgehead atoms. The molecule has 1 saturated carbocycles. The minimum absolute atomic E-state index is 0.0292. The molecule has 104 valence electrons. The van der Waals surface area contributed by atoms with Crippen molar-refractivity contribution in [2.75, 3.05) is 0 Å². The summed E-state index contributed by atoms with van der Waals surface area (Å²) < 4.78 is 5.62. The summed E-state index contributed by atoms with van der Waals surface area (Å²) in [5.74, 6) is 1.18. The van der Waals surface area contributed by atoms with Gasteiger partial charge in [-0.25, -0.2) is 0 Å². The SMILES string of the molecule is CCCCCC1(C)CCC2C(C)CC(=O)OC2C1. The fraction of sp³-hybridized carbons (Fsp3) is 0.938. The number of carbonyl (C=O) groups is 1. The molecule has 2 fully saturated rings. The molecule has 0 N–H and O–H groups in total. The average molecular weight is 252 g/mol. The fourth-order valence-electron chi connectivity index (χ4n) is 3.88. The largest absolute Gasteiger partial charge is 0.462 e. The van der Waals surface area contributed by atoms with Gasteiger partial charge in [0, 0.05) is 6.42 Å². The first-order valence-electron chi connectivity index (χ1n) is 7.73. The molecule has 1 aliphatic carbocycles. The number of rotatable bonds is 4. The highest BCUT2D eigenvalue weighted by Crippen LogP contribution is 2.47. The Morgan fingerprint density at radius 3 is 2.89 bits per heavy atom. The molecule has 2 heteroatoms. The van der Waals surface area contributed by atoms with Gasteiger partial charge in [-0.1, -0.05) is 40.0 Å². The molecule has 2 nitrogen and oxygen atoms in total. The van der Waals surface area contributed by atoms with Gasteiger partial charge in [-0.2, -0.15) is 0 Å². The lowest BCUT2D eigenvalue weighted by Gasteiger charge is -2.46. The second-order valence-corrected chi connectivity index (χ2v) is 6.88. The molecule has 0 radical (unpaired) electrons. The van der Waals surface area contributed by atoms with Gasteiger partial charge in [-0.15, -0.1) is 0 Å². The van der Waals surface area contributed by atoms with Crippen LogP contribution in [0.1, 0.15) is 72.1 Å². The lowest BCUT2D eigenvalue weighted by molar-refractivity contribution is -0.170. The van der Waals surface area contributed by atoms with E-state index in [0.29, 0.717) is 23.7 Å². The molecular formula is C16H28O2. The van der Waals surface area contributed by atoms with Gasteiger partial charge >= 0.3 is 5.97 Å². The van der Waals surface area contributed by atoms with Gasteiger partial charge in [0.05, 0.1) is 0 Å². The molecule has 1 aliphatic heterocycles. The zero-order valence-corrected chi connectivity index (χ0v) is 12.2. The lowest BCUT2D eigenvalue weighted by atomic mass is 9.64. The van der Waals surface area contributed by atoms with Crippen molar-refractivity contribution >= 4 is 5.97 Å². The smallest absolute Gasteiger partial charge is 0.306 e. The monoisotopic (exact) mass is 252 g/mol. The number of unbranched alkanes of at least 4 members (excludes halogenated alkanes) is 2. The second-order valence-electron chi connectivity index (χ2n) is 6.88. The van der Waals surface area contributed by atoms with E-state index in [4.69, 9.17) is 4.74 Å². The zero-order chi connectivity index (χ0) is 13.2. The Balaban J connectivity index is 1.93. The molecule has 2 rings (SSSR count). The Morgan fingerprint density at radius 2 is 2.17 bits per heavy atom. The Bertz CT molecular complexity index is 299. The van der Waals surface area contributed by atoms with Gasteiger partial charge in [0.2, 0.25) is 0 Å². The van der Waals surface area contributed by atoms with Gasteiger partial charge in [-0.05, 0) is 42.9 Å². The van der Waals surface area contributed by atoms with Crippen molar-refractivity contribution in [2.45, 2.75) is 78.2 Å². The molecular weight excluding hydrogens is 224 g/mol. The van der Waals surface area contributed by atoms with Gasteiger partial charge in [0.25, 0.3) is 0 Å². The van der Waals surface area contributed by atoms with Gasteiger partial charge in [-0.3, -0.25) is 4.79 Å². The molecule has 4 unspecified atom stereocenters. The predicted molar refractivity (Wildman–Crippen MR) is 73.3 cm³/mol. The van der Waals surface area contributed by atoms with E-state index < -0.39 is 0 Å². The first-order valence-corrected chi connectivity index (χ1v) is 7.73. The van der Waals surface area contributed by atoms with E-state index in [1.54, 1.807) is 0 Å². The van der Waals surface area contributed by atoms with Crippen molar-refractivity contribution in [2.24, 2.45) is 17.3 Å². The Kier molecular flexibility index (Phi) is 4.34. The lowest BCUT2D eigenvalue weighted by Crippen LogP contribution is -2.45. The maximum Gasteiger partial charge on any atom is 0.306 e. The summed E-state index contributed by atoms with van der Waals surface area (Å²) in [5.41, 5.74) is 0.410. The minimum atomic E-state index is 0.0292. The standard InChI is InChI=1S/C16H28O2/c1-4-5-6-8-16(3)9-7-13-12(2)10-15(17)18-14(13)11-16/h12-14H,4-11H2,1-3H3. The van der Waals surface area contributed by atoms with Gasteiger partial charge in [0.1, 0.15) is 6.10 Å². The van der Waals surface area contributed by atoms with Crippen LogP contribution in [0.3, 0.4) is 0 Å². The van der Waals surface area contributed by atoms with Crippen LogP contribution in [0.4, 0.5) is 0 Å². The Morgan fingerprint density at radius 1 is 1.39 bits per heavy atom. The molecule has 0 aromatic carbocycles. The minimum Gasteiger partial charge on any atom is -0.462 e. The third kappa shape index (κ3) is 3.07. The molecule has 0 amide bonds. The Hall–Kier alpha value is -0.530. The van der Waals surface area contributed by atoms with Crippen molar-refractivity contribution in [1.29, 1.82) is 0 Å². The first-order chi connectivity index (χ1) is 8.54. The molecule has 2 aliphatic rings. The topological polar surface area (TPSA) is 26.3 Å². The van der Waals surface area contributed by atoms with Crippen LogP contribution in [-0.4, -0.2) is 12.1 Å². The second kappa shape index (κ2) is 5.63. The maximum atomic E-state index is 11.6. The highest BCUT2D eigenvalue weighted by atomic mass is 16.5. The number of ether oxygens (including phenoxy) is 1. The van der Waals surface area contributed by atoms with E-state index in [1.165, 1.54) is 38.5 Å². The van der Waals surface area contributed by atoms with Crippen LogP contribution < -0.4 is 0 Å². The normalized spacial score (nSPS) is 40.2. The number of hydrogen-bond donors (Lipinski definition) is 0. The highest BCUT2D eigenvalue weighted by Gasteiger charge is 2.44. The predicted octanol–water partition coefficient (Wildman–Crippen LogP) is 4.32. The first kappa shape index (κ1) is 13.9. The molecule has 0 spiro atoms. The van der Waals surface area contributed by atoms with E-state index in [0.717, 1.165) is 6.42 Å². The summed E-state index contributed by atoms with van der Waals surface area (Å²) in [5, 5.41) is 0. The van der Waals surface area contributed by atoms with E-state index in [9.17, 15) is 4.79 Å². The average Bonchev–Trinajstić information content (AvgIpc) is 2.28. The summed E-state index contributed by atoms with van der Waals surface area (Å²) in [6, 6.07) is 0. The van der Waals surface area contributed by atoms with Crippen LogP contribution in [0.15, 0.2) is 0 Å². The molecule has 18 heavy (non-hydrogen) atoms. The molecule has 0 aromatic heterocycles. The fourth-order valence-corrected chi connectivity index (χ4v) is 3.88. The van der Waals surface area contributed by atoms with Crippen molar-refractivity contribution in [3.8, 4) is 0 Å². The highest BCUT2D eigenvalue weighted by molar-refractivity contribution is 5.70. The number of carbonyl (C=O) groups excluding carboxylic acids is 1. The third-order valence-electron chi connectivity index (χ3n) is 5.14. The summed E-state index contributed by atoms with van der Waals surface area (Å²) in [7, 11) is 0. The molecule has 0 aromatic rings. The number of fused-ring (bicyclic) bond motifs is 1. The van der Waals surface area contributed by atoms with E-state index in [1.807, 2.05) is 0 Å². The third-order valence-corrected chi connectivity index (χ3v) is 5.14. The van der Waals surface area contributed by atoms with Crippen LogP contribution in [0.25, 0.3) is 0 Å². The van der Waals surface area contributed by atoms with Crippen molar-refractivity contribution in [1.82, 2.24) is 0 Å². The van der Waals surface area contributed by atoms with Crippen LogP contribution in [0.2, 0.25) is 0 Å². The summed E-state index contributed by atoms with van der Waals surface area (Å²) in [6.45, 7) is 6.87. The van der Waals surface area contributed by atoms with E-state index in [-0.39, 0.29) is 12.1 Å². The molecule has 1 heterocycles. The molecule has 1 saturated heterocycles. The maximum absolute atomic E-state index is 11.6. The zero-order valence-electron chi connectivity index (χ0n) is 12.2. The van der Waals surface area contributed by atoms with Crippen molar-refractivity contribution in [3.63, 3.8) is 0 Å². The number of hydrogen-bond acceptors (Lipinski definition) is 2. The van der Waals surface area contributed by atoms with E-state index in [2.05, 4.69) is 20.8 Å². The van der Waals surface area contributed by atoms with Crippen LogP contribution >= 0.6 is 0 Å². The Labute approximate surface area is 111 Å². The summed E-state index contributed by atoms with van der Waals surface area (Å²) in [4.78, 5) is 11.6. The summed E-state index contributed by atoms with van der Waals surface area (Å²) in [6.07, 6.45) is 9.76. The van der Waals surface area contributed by atoms with Gasteiger partial charge < -0.3 is 4.74 Å². The quantitative estimate of drug-likeness (QED) is 0.550. The number of esters is 1. The van der Waals surface area contributed by atoms with Crippen LogP contribution in [-0.2, 0) is 9.53 Å². The van der Waals surface area contributed by atoms with Crippen LogP contribution in [0.5, 0.6) is 0 Å². The van der Waals surface area contributed by atoms with Crippen LogP contribution in [0, 0.1) is 17.3 Å². The van der Waals surface area contributed by atoms with Gasteiger partial charge in [0.15, 0.2) is 0 Å². The van der Waals surface area contributed by atoms with Crippen molar-refractivity contribution < 1.29 is 9.53 Å². The van der Waals surface area contributed by atoms with E-state index >= 15 is 0 Å². The van der Waals surface area contributed by atoms with Crippen molar-refractivity contribution in [3.05, 3.63) is 0 Å². The molecule has 4 atom stereocenters. The summed E-state index contributed by atoms with van der Waals surface area (Å²) >= 11 is 0.